The van der Waals surface area contributed by atoms with Crippen LogP contribution < -0.4 is 0 Å². The summed E-state index contributed by atoms with van der Waals surface area (Å²) < 4.78 is 0. The van der Waals surface area contributed by atoms with E-state index in [-0.39, 0.29) is 17.6 Å². The summed E-state index contributed by atoms with van der Waals surface area (Å²) in [5.74, 6) is 1.15. The SMILES string of the molecule is CC12CCC3=C4CCC(O)C=C4C=CC3C1CCC2O. The third kappa shape index (κ3) is 1.64. The van der Waals surface area contributed by atoms with E-state index in [0.29, 0.717) is 11.8 Å². The summed E-state index contributed by atoms with van der Waals surface area (Å²) in [7, 11) is 0. The fourth-order valence-electron chi connectivity index (χ4n) is 5.14. The van der Waals surface area contributed by atoms with Gasteiger partial charge in [0.1, 0.15) is 0 Å². The zero-order valence-corrected chi connectivity index (χ0v) is 12.2. The minimum Gasteiger partial charge on any atom is -0.393 e. The number of rotatable bonds is 0. The Bertz CT molecular complexity index is 528. The third-order valence-corrected chi connectivity index (χ3v) is 6.41. The van der Waals surface area contributed by atoms with Gasteiger partial charge in [0.05, 0.1) is 12.2 Å². The summed E-state index contributed by atoms with van der Waals surface area (Å²) in [6.07, 6.45) is 12.5. The Hall–Kier alpha value is -0.860. The van der Waals surface area contributed by atoms with E-state index in [2.05, 4.69) is 19.1 Å². The average molecular weight is 272 g/mol. The van der Waals surface area contributed by atoms with E-state index in [0.717, 1.165) is 38.5 Å². The van der Waals surface area contributed by atoms with Crippen molar-refractivity contribution in [2.24, 2.45) is 17.3 Å². The molecule has 0 spiro atoms. The highest BCUT2D eigenvalue weighted by Gasteiger charge is 2.52. The van der Waals surface area contributed by atoms with Gasteiger partial charge >= 0.3 is 0 Å². The molecule has 0 radical (unpaired) electrons. The van der Waals surface area contributed by atoms with Gasteiger partial charge in [-0.25, -0.2) is 0 Å². The van der Waals surface area contributed by atoms with Crippen molar-refractivity contribution >= 4 is 0 Å². The Morgan fingerprint density at radius 2 is 2.00 bits per heavy atom. The largest absolute Gasteiger partial charge is 0.393 e. The maximum absolute atomic E-state index is 10.4. The van der Waals surface area contributed by atoms with Crippen molar-refractivity contribution in [2.45, 2.75) is 57.7 Å². The van der Waals surface area contributed by atoms with Gasteiger partial charge in [0.15, 0.2) is 0 Å². The Balaban J connectivity index is 1.74. The quantitative estimate of drug-likeness (QED) is 0.711. The van der Waals surface area contributed by atoms with Crippen LogP contribution in [0.3, 0.4) is 0 Å². The number of aliphatic hydroxyl groups excluding tert-OH is 2. The lowest BCUT2D eigenvalue weighted by Crippen LogP contribution is -2.41. The van der Waals surface area contributed by atoms with Crippen molar-refractivity contribution in [1.29, 1.82) is 0 Å². The second-order valence-electron chi connectivity index (χ2n) is 7.32. The first-order valence-corrected chi connectivity index (χ1v) is 8.08. The predicted octanol–water partition coefficient (Wildman–Crippen LogP) is 3.12. The van der Waals surface area contributed by atoms with E-state index in [9.17, 15) is 10.2 Å². The average Bonchev–Trinajstić information content (AvgIpc) is 2.74. The van der Waals surface area contributed by atoms with Crippen molar-refractivity contribution in [3.63, 3.8) is 0 Å². The third-order valence-electron chi connectivity index (χ3n) is 6.41. The fraction of sp³-hybridized carbons (Fsp3) is 0.667. The second kappa shape index (κ2) is 4.32. The van der Waals surface area contributed by atoms with Crippen molar-refractivity contribution < 1.29 is 10.2 Å². The van der Waals surface area contributed by atoms with Crippen LogP contribution in [0.25, 0.3) is 0 Å². The minimum atomic E-state index is -0.266. The van der Waals surface area contributed by atoms with Gasteiger partial charge in [-0.05, 0) is 67.1 Å². The van der Waals surface area contributed by atoms with Crippen LogP contribution in [0, 0.1) is 17.3 Å². The number of fused-ring (bicyclic) bond motifs is 4. The molecule has 0 aromatic heterocycles. The minimum absolute atomic E-state index is 0.113. The summed E-state index contributed by atoms with van der Waals surface area (Å²) >= 11 is 0. The zero-order valence-electron chi connectivity index (χ0n) is 12.2. The van der Waals surface area contributed by atoms with E-state index in [1.165, 1.54) is 11.1 Å². The molecule has 5 unspecified atom stereocenters. The van der Waals surface area contributed by atoms with Crippen LogP contribution in [0.15, 0.2) is 34.9 Å². The molecule has 0 aromatic carbocycles. The Labute approximate surface area is 120 Å². The topological polar surface area (TPSA) is 40.5 Å². The molecule has 0 amide bonds. The Morgan fingerprint density at radius 1 is 1.15 bits per heavy atom. The van der Waals surface area contributed by atoms with Crippen LogP contribution in [-0.4, -0.2) is 22.4 Å². The highest BCUT2D eigenvalue weighted by molar-refractivity contribution is 5.51. The summed E-state index contributed by atoms with van der Waals surface area (Å²) in [6, 6.07) is 0. The predicted molar refractivity (Wildman–Crippen MR) is 79.1 cm³/mol. The number of hydrogen-bond donors (Lipinski definition) is 2. The molecule has 2 heteroatoms. The van der Waals surface area contributed by atoms with Crippen LogP contribution in [0.1, 0.15) is 45.4 Å². The van der Waals surface area contributed by atoms with Crippen LogP contribution in [0.2, 0.25) is 0 Å². The van der Waals surface area contributed by atoms with Gasteiger partial charge in [0.25, 0.3) is 0 Å². The van der Waals surface area contributed by atoms with Crippen LogP contribution in [-0.2, 0) is 0 Å². The van der Waals surface area contributed by atoms with Gasteiger partial charge in [-0.1, -0.05) is 24.6 Å². The molecule has 0 heterocycles. The Kier molecular flexibility index (Phi) is 2.77. The lowest BCUT2D eigenvalue weighted by atomic mass is 9.59. The smallest absolute Gasteiger partial charge is 0.0732 e. The highest BCUT2D eigenvalue weighted by atomic mass is 16.3. The van der Waals surface area contributed by atoms with Crippen LogP contribution in [0.5, 0.6) is 0 Å². The van der Waals surface area contributed by atoms with Crippen LogP contribution >= 0.6 is 0 Å². The van der Waals surface area contributed by atoms with Gasteiger partial charge in [-0.3, -0.25) is 0 Å². The van der Waals surface area contributed by atoms with Crippen molar-refractivity contribution in [3.8, 4) is 0 Å². The molecular formula is C18H24O2. The highest BCUT2D eigenvalue weighted by Crippen LogP contribution is 2.58. The first kappa shape index (κ1) is 12.8. The molecule has 0 aromatic rings. The van der Waals surface area contributed by atoms with Gasteiger partial charge < -0.3 is 10.2 Å². The van der Waals surface area contributed by atoms with Crippen LogP contribution in [0.4, 0.5) is 0 Å². The van der Waals surface area contributed by atoms with Crippen molar-refractivity contribution in [2.75, 3.05) is 0 Å². The van der Waals surface area contributed by atoms with Crippen molar-refractivity contribution in [3.05, 3.63) is 34.9 Å². The van der Waals surface area contributed by atoms with E-state index in [1.807, 2.05) is 6.08 Å². The van der Waals surface area contributed by atoms with Gasteiger partial charge in [0.2, 0.25) is 0 Å². The molecule has 20 heavy (non-hydrogen) atoms. The molecular weight excluding hydrogens is 248 g/mol. The monoisotopic (exact) mass is 272 g/mol. The fourth-order valence-corrected chi connectivity index (χ4v) is 5.14. The lowest BCUT2D eigenvalue weighted by Gasteiger charge is -2.46. The number of hydrogen-bond acceptors (Lipinski definition) is 2. The maximum Gasteiger partial charge on any atom is 0.0732 e. The molecule has 2 N–H and O–H groups in total. The molecule has 4 rings (SSSR count). The summed E-state index contributed by atoms with van der Waals surface area (Å²) in [5.41, 5.74) is 4.50. The Morgan fingerprint density at radius 3 is 2.85 bits per heavy atom. The number of aliphatic hydroxyl groups is 2. The number of allylic oxidation sites excluding steroid dienone is 5. The van der Waals surface area contributed by atoms with E-state index in [1.54, 1.807) is 5.57 Å². The zero-order chi connectivity index (χ0) is 13.9. The molecule has 2 fully saturated rings. The molecule has 108 valence electrons. The molecule has 0 saturated heterocycles. The summed E-state index contributed by atoms with van der Waals surface area (Å²) in [5, 5.41) is 20.2. The summed E-state index contributed by atoms with van der Waals surface area (Å²) in [4.78, 5) is 0. The normalized spacial score (nSPS) is 46.6. The molecule has 4 aliphatic carbocycles. The van der Waals surface area contributed by atoms with Gasteiger partial charge in [-0.15, -0.1) is 0 Å². The first-order valence-electron chi connectivity index (χ1n) is 8.08. The second-order valence-corrected chi connectivity index (χ2v) is 7.32. The van der Waals surface area contributed by atoms with E-state index < -0.39 is 0 Å². The first-order chi connectivity index (χ1) is 9.59. The molecule has 2 nitrogen and oxygen atoms in total. The maximum atomic E-state index is 10.4. The van der Waals surface area contributed by atoms with Gasteiger partial charge in [-0.2, -0.15) is 0 Å². The van der Waals surface area contributed by atoms with E-state index >= 15 is 0 Å². The molecule has 4 aliphatic rings. The molecule has 2 saturated carbocycles. The molecule has 0 aliphatic heterocycles. The summed E-state index contributed by atoms with van der Waals surface area (Å²) in [6.45, 7) is 2.29. The standard InChI is InChI=1S/C18H24O2/c1-18-9-8-14-13-5-3-12(19)10-11(13)2-4-15(14)16(18)6-7-17(18)20/h2,4,10,12,15-17,19-20H,3,5-9H2,1H3. The lowest BCUT2D eigenvalue weighted by molar-refractivity contribution is 0.0123. The van der Waals surface area contributed by atoms with Crippen molar-refractivity contribution in [1.82, 2.24) is 0 Å². The molecule has 5 atom stereocenters. The van der Waals surface area contributed by atoms with E-state index in [4.69, 9.17) is 0 Å². The van der Waals surface area contributed by atoms with Gasteiger partial charge in [0, 0.05) is 5.92 Å². The molecule has 0 bridgehead atoms.